The third kappa shape index (κ3) is 17.7. The summed E-state index contributed by atoms with van der Waals surface area (Å²) < 4.78 is 17.0. The third-order valence-electron chi connectivity index (χ3n) is 6.66. The van der Waals surface area contributed by atoms with E-state index in [0.717, 1.165) is 32.1 Å². The van der Waals surface area contributed by atoms with Crippen molar-refractivity contribution in [3.63, 3.8) is 0 Å². The number of rotatable bonds is 18. The van der Waals surface area contributed by atoms with E-state index >= 15 is 0 Å². The summed E-state index contributed by atoms with van der Waals surface area (Å²) in [7, 11) is 0. The van der Waals surface area contributed by atoms with E-state index in [2.05, 4.69) is 16.0 Å². The maximum atomic E-state index is 14.1. The topological polar surface area (TPSA) is 167 Å². The lowest BCUT2D eigenvalue weighted by molar-refractivity contribution is -0.166. The molecule has 0 radical (unpaired) electrons. The van der Waals surface area contributed by atoms with Gasteiger partial charge in [0.1, 0.15) is 22.3 Å². The molecule has 0 spiro atoms. The lowest BCUT2D eigenvalue weighted by Gasteiger charge is -2.43. The van der Waals surface area contributed by atoms with Crippen molar-refractivity contribution < 1.29 is 28.6 Å². The summed E-state index contributed by atoms with van der Waals surface area (Å²) >= 11 is 0. The Bertz CT molecular complexity index is 834. The van der Waals surface area contributed by atoms with Gasteiger partial charge in [-0.25, -0.2) is 14.4 Å². The number of carbonyl (C=O) groups is 3. The number of ether oxygens (including phenoxy) is 3. The van der Waals surface area contributed by atoms with E-state index in [9.17, 15) is 14.4 Å². The molecule has 0 aliphatic heterocycles. The molecule has 11 nitrogen and oxygen atoms in total. The van der Waals surface area contributed by atoms with Crippen molar-refractivity contribution in [2.45, 2.75) is 168 Å². The minimum Gasteiger partial charge on any atom is -0.459 e. The molecule has 0 rings (SSSR count). The van der Waals surface area contributed by atoms with Crippen LogP contribution in [0.5, 0.6) is 0 Å². The molecule has 0 fully saturated rings. The molecular weight excluding hydrogens is 550 g/mol. The molecule has 0 aromatic heterocycles. The van der Waals surface area contributed by atoms with Crippen LogP contribution in [0.3, 0.4) is 0 Å². The van der Waals surface area contributed by atoms with Crippen molar-refractivity contribution in [2.75, 3.05) is 13.1 Å². The molecule has 0 aliphatic carbocycles. The number of unbranched alkanes of at least 4 members (excludes halogenated alkanes) is 3. The van der Waals surface area contributed by atoms with E-state index in [1.807, 2.05) is 34.6 Å². The monoisotopic (exact) mass is 615 g/mol. The Morgan fingerprint density at radius 2 is 1.16 bits per heavy atom. The van der Waals surface area contributed by atoms with Crippen molar-refractivity contribution in [3.8, 4) is 0 Å². The van der Waals surface area contributed by atoms with Crippen LogP contribution in [0.25, 0.3) is 0 Å². The molecule has 7 N–H and O–H groups in total. The van der Waals surface area contributed by atoms with Crippen LogP contribution in [0.1, 0.15) is 134 Å². The largest absolute Gasteiger partial charge is 0.459 e. The molecular formula is C32H65N5O6. The Kier molecular flexibility index (Phi) is 17.7. The summed E-state index contributed by atoms with van der Waals surface area (Å²) in [5.41, 5.74) is 9.14. The van der Waals surface area contributed by atoms with Gasteiger partial charge in [-0.3, -0.25) is 5.32 Å². The Morgan fingerprint density at radius 1 is 0.674 bits per heavy atom. The Labute approximate surface area is 261 Å². The van der Waals surface area contributed by atoms with Gasteiger partial charge in [-0.2, -0.15) is 0 Å². The summed E-state index contributed by atoms with van der Waals surface area (Å²) in [4.78, 5) is 39.7. The van der Waals surface area contributed by atoms with E-state index in [4.69, 9.17) is 25.7 Å². The average Bonchev–Trinajstić information content (AvgIpc) is 2.81. The van der Waals surface area contributed by atoms with Crippen LogP contribution in [0, 0.1) is 5.92 Å². The van der Waals surface area contributed by atoms with Crippen LogP contribution < -0.4 is 27.4 Å². The maximum absolute atomic E-state index is 14.1. The Hall–Kier alpha value is -2.11. The Balaban J connectivity index is 6.52. The zero-order valence-corrected chi connectivity index (χ0v) is 29.1. The molecule has 0 saturated heterocycles. The standard InChI is InChI=1S/C32H65N5O6/c1-12-18-24(36-27(39)42-30(6,7)8)32(34,26(38)41-29(3,4)5)23(20-16-14-15-17-21-33)22-35-25(19-13-2)37-28(40)43-31(9,10)11/h23-25,35H,12-22,33-34H2,1-11H3,(H,36,39)(H,37,40). The Morgan fingerprint density at radius 3 is 1.63 bits per heavy atom. The van der Waals surface area contributed by atoms with E-state index in [1.54, 1.807) is 41.5 Å². The number of hydrogen-bond acceptors (Lipinski definition) is 9. The van der Waals surface area contributed by atoms with Crippen molar-refractivity contribution in [1.82, 2.24) is 16.0 Å². The zero-order chi connectivity index (χ0) is 33.5. The molecule has 0 aliphatic rings. The summed E-state index contributed by atoms with van der Waals surface area (Å²) in [6.07, 6.45) is 5.16. The van der Waals surface area contributed by atoms with Crippen molar-refractivity contribution in [3.05, 3.63) is 0 Å². The first-order valence-electron chi connectivity index (χ1n) is 16.1. The van der Waals surface area contributed by atoms with Gasteiger partial charge in [0.05, 0.1) is 12.2 Å². The van der Waals surface area contributed by atoms with Crippen molar-refractivity contribution in [2.24, 2.45) is 17.4 Å². The smallest absolute Gasteiger partial charge is 0.408 e. The first-order valence-corrected chi connectivity index (χ1v) is 16.1. The fourth-order valence-electron chi connectivity index (χ4n) is 4.78. The summed E-state index contributed by atoms with van der Waals surface area (Å²) in [5, 5.41) is 9.27. The fraction of sp³-hybridized carbons (Fsp3) is 0.906. The number of nitrogens with one attached hydrogen (secondary N) is 3. The third-order valence-corrected chi connectivity index (χ3v) is 6.66. The van der Waals surface area contributed by atoms with Gasteiger partial charge < -0.3 is 36.3 Å². The van der Waals surface area contributed by atoms with Crippen LogP contribution in [-0.4, -0.2) is 65.8 Å². The van der Waals surface area contributed by atoms with Gasteiger partial charge in [-0.1, -0.05) is 46.0 Å². The molecule has 0 aromatic carbocycles. The molecule has 0 saturated carbocycles. The highest BCUT2D eigenvalue weighted by Gasteiger charge is 2.51. The highest BCUT2D eigenvalue weighted by atomic mass is 16.6. The molecule has 4 atom stereocenters. The molecule has 11 heteroatoms. The van der Waals surface area contributed by atoms with Gasteiger partial charge in [0.2, 0.25) is 0 Å². The number of alkyl carbamates (subject to hydrolysis) is 2. The van der Waals surface area contributed by atoms with Gasteiger partial charge in [0.25, 0.3) is 0 Å². The second-order valence-electron chi connectivity index (χ2n) is 14.5. The van der Waals surface area contributed by atoms with Gasteiger partial charge in [0, 0.05) is 12.5 Å². The van der Waals surface area contributed by atoms with E-state index in [1.165, 1.54) is 0 Å². The van der Waals surface area contributed by atoms with Crippen LogP contribution >= 0.6 is 0 Å². The number of amides is 2. The quantitative estimate of drug-likeness (QED) is 0.0580. The number of hydrogen-bond donors (Lipinski definition) is 5. The van der Waals surface area contributed by atoms with E-state index < -0.39 is 58.6 Å². The van der Waals surface area contributed by atoms with Crippen LogP contribution in [0.4, 0.5) is 9.59 Å². The molecule has 2 amide bonds. The van der Waals surface area contributed by atoms with Gasteiger partial charge in [-0.05, 0) is 94.5 Å². The molecule has 0 aromatic rings. The van der Waals surface area contributed by atoms with E-state index in [0.29, 0.717) is 38.8 Å². The lowest BCUT2D eigenvalue weighted by Crippen LogP contribution is -2.70. The van der Waals surface area contributed by atoms with Crippen molar-refractivity contribution >= 4 is 18.2 Å². The van der Waals surface area contributed by atoms with E-state index in [-0.39, 0.29) is 0 Å². The highest BCUT2D eigenvalue weighted by molar-refractivity contribution is 5.84. The van der Waals surface area contributed by atoms with Gasteiger partial charge >= 0.3 is 18.2 Å². The number of carbonyl (C=O) groups excluding carboxylic acids is 3. The predicted octanol–water partition coefficient (Wildman–Crippen LogP) is 5.48. The SMILES string of the molecule is CCCC(NCC(CCCCCCN)C(N)(C(=O)OC(C)(C)C)C(CCC)NC(=O)OC(C)(C)C)NC(=O)OC(C)(C)C. The molecule has 43 heavy (non-hydrogen) atoms. The zero-order valence-electron chi connectivity index (χ0n) is 29.1. The van der Waals surface area contributed by atoms with Crippen molar-refractivity contribution in [1.29, 1.82) is 0 Å². The van der Waals surface area contributed by atoms with Gasteiger partial charge in [0.15, 0.2) is 0 Å². The number of esters is 1. The predicted molar refractivity (Wildman–Crippen MR) is 173 cm³/mol. The maximum Gasteiger partial charge on any atom is 0.408 e. The first kappa shape index (κ1) is 40.9. The average molecular weight is 616 g/mol. The molecule has 254 valence electrons. The number of nitrogens with two attached hydrogens (primary N) is 2. The second-order valence-corrected chi connectivity index (χ2v) is 14.5. The fourth-order valence-corrected chi connectivity index (χ4v) is 4.78. The summed E-state index contributed by atoms with van der Waals surface area (Å²) in [6.45, 7) is 21.1. The minimum atomic E-state index is -1.59. The van der Waals surface area contributed by atoms with Crippen LogP contribution in [0.15, 0.2) is 0 Å². The second kappa shape index (κ2) is 18.6. The van der Waals surface area contributed by atoms with Gasteiger partial charge in [-0.15, -0.1) is 0 Å². The van der Waals surface area contributed by atoms with Crippen LogP contribution in [0.2, 0.25) is 0 Å². The minimum absolute atomic E-state index is 0.295. The normalized spacial score (nSPS) is 15.9. The lowest BCUT2D eigenvalue weighted by atomic mass is 9.74. The molecule has 4 unspecified atom stereocenters. The van der Waals surface area contributed by atoms with Crippen LogP contribution in [-0.2, 0) is 19.0 Å². The summed E-state index contributed by atoms with van der Waals surface area (Å²) in [6, 6.07) is -0.763. The summed E-state index contributed by atoms with van der Waals surface area (Å²) in [5.74, 6) is -1.04. The molecule has 0 heterocycles. The first-order chi connectivity index (χ1) is 19.7. The molecule has 0 bridgehead atoms. The highest BCUT2D eigenvalue weighted by Crippen LogP contribution is 2.31.